The van der Waals surface area contributed by atoms with Crippen molar-refractivity contribution in [3.63, 3.8) is 0 Å². The Morgan fingerprint density at radius 1 is 1.67 bits per heavy atom. The van der Waals surface area contributed by atoms with Crippen LogP contribution in [-0.4, -0.2) is 11.2 Å². The normalized spacial score (nSPS) is 12.8. The molecule has 0 saturated heterocycles. The second-order valence-electron chi connectivity index (χ2n) is 2.33. The molecule has 0 aromatic carbocycles. The van der Waals surface area contributed by atoms with Crippen LogP contribution in [0.4, 0.5) is 0 Å². The first-order valence-electron chi connectivity index (χ1n) is 2.86. The van der Waals surface area contributed by atoms with Crippen molar-refractivity contribution in [1.82, 2.24) is 0 Å². The van der Waals surface area contributed by atoms with Crippen LogP contribution in [0.2, 0.25) is 0 Å². The molecule has 0 aliphatic heterocycles. The second kappa shape index (κ2) is 3.26. The third-order valence-electron chi connectivity index (χ3n) is 1.13. The molecule has 50 valence electrons. The van der Waals surface area contributed by atoms with Gasteiger partial charge in [0, 0.05) is 0 Å². The Morgan fingerprint density at radius 2 is 2.11 bits per heavy atom. The minimum absolute atomic E-state index is 0.0807. The Labute approximate surface area is 55.4 Å². The molecule has 0 heterocycles. The van der Waals surface area contributed by atoms with E-state index in [-0.39, 0.29) is 11.5 Å². The number of hydrogen-bond donors (Lipinski definition) is 1. The van der Waals surface area contributed by atoms with Gasteiger partial charge < -0.3 is 5.11 Å². The van der Waals surface area contributed by atoms with E-state index in [9.17, 15) is 0 Å². The zero-order valence-electron chi connectivity index (χ0n) is 5.76. The van der Waals surface area contributed by atoms with Crippen molar-refractivity contribution in [3.05, 3.63) is 12.2 Å². The van der Waals surface area contributed by atoms with E-state index in [0.29, 0.717) is 0 Å². The summed E-state index contributed by atoms with van der Waals surface area (Å²) < 4.78 is 0. The van der Waals surface area contributed by atoms with Gasteiger partial charge in [0.1, 0.15) is 0 Å². The monoisotopic (exact) mass is 125 g/mol. The molecule has 0 aliphatic rings. The Morgan fingerprint density at radius 3 is 2.22 bits per heavy atom. The van der Waals surface area contributed by atoms with E-state index in [1.165, 1.54) is 0 Å². The summed E-state index contributed by atoms with van der Waals surface area (Å²) in [6.45, 7) is 7.06. The van der Waals surface area contributed by atoms with Crippen LogP contribution in [-0.2, 0) is 0 Å². The summed E-state index contributed by atoms with van der Waals surface area (Å²) in [4.78, 5) is 0. The van der Waals surface area contributed by atoms with Gasteiger partial charge in [0.15, 0.2) is 0 Å². The fourth-order valence-corrected chi connectivity index (χ4v) is 0.469. The van der Waals surface area contributed by atoms with Crippen LogP contribution < -0.4 is 0 Å². The third kappa shape index (κ3) is 2.29. The van der Waals surface area contributed by atoms with Crippen LogP contribution in [0.3, 0.4) is 0 Å². The first kappa shape index (κ1) is 8.19. The highest BCUT2D eigenvalue weighted by atomic mass is 16.3. The zero-order valence-corrected chi connectivity index (χ0v) is 5.76. The van der Waals surface area contributed by atoms with Gasteiger partial charge in [0.25, 0.3) is 0 Å². The predicted molar refractivity (Wildman–Crippen MR) is 35.6 cm³/mol. The van der Waals surface area contributed by atoms with Gasteiger partial charge in [-0.2, -0.15) is 5.26 Å². The molecule has 0 bridgehead atoms. The molecule has 0 saturated carbocycles. The summed E-state index contributed by atoms with van der Waals surface area (Å²) in [5.74, 6) is 0.0807. The standard InChI is InChI=1S/C7H11NO/c1-5(2)7(9)6(3)4-8/h5,7,9H,3H2,1-2H3/t7-/m0/s1. The van der Waals surface area contributed by atoms with E-state index in [1.807, 2.05) is 13.8 Å². The van der Waals surface area contributed by atoms with Gasteiger partial charge in [0.2, 0.25) is 0 Å². The fourth-order valence-electron chi connectivity index (χ4n) is 0.469. The molecule has 0 spiro atoms. The molecule has 2 heteroatoms. The van der Waals surface area contributed by atoms with Gasteiger partial charge >= 0.3 is 0 Å². The molecule has 0 rings (SSSR count). The van der Waals surface area contributed by atoms with Crippen LogP contribution in [0.25, 0.3) is 0 Å². The highest BCUT2D eigenvalue weighted by molar-refractivity contribution is 5.20. The molecule has 0 aromatic heterocycles. The first-order valence-corrected chi connectivity index (χ1v) is 2.86. The molecule has 2 nitrogen and oxygen atoms in total. The maximum Gasteiger partial charge on any atom is 0.0968 e. The van der Waals surface area contributed by atoms with Crippen molar-refractivity contribution in [2.24, 2.45) is 5.92 Å². The molecule has 1 N–H and O–H groups in total. The number of rotatable bonds is 2. The molecular formula is C7H11NO. The Hall–Kier alpha value is -0.810. The summed E-state index contributed by atoms with van der Waals surface area (Å²) in [6.07, 6.45) is -0.671. The first-order chi connectivity index (χ1) is 4.09. The van der Waals surface area contributed by atoms with Crippen LogP contribution in [0.15, 0.2) is 12.2 Å². The molecule has 9 heavy (non-hydrogen) atoms. The SMILES string of the molecule is C=C(C#N)[C@@H](O)C(C)C. The number of nitriles is 1. The summed E-state index contributed by atoms with van der Waals surface area (Å²) in [5, 5.41) is 17.3. The van der Waals surface area contributed by atoms with Crippen molar-refractivity contribution in [1.29, 1.82) is 5.26 Å². The average molecular weight is 125 g/mol. The lowest BCUT2D eigenvalue weighted by atomic mass is 10.0. The summed E-state index contributed by atoms with van der Waals surface area (Å²) in [7, 11) is 0. The van der Waals surface area contributed by atoms with E-state index in [1.54, 1.807) is 6.07 Å². The smallest absolute Gasteiger partial charge is 0.0968 e. The quantitative estimate of drug-likeness (QED) is 0.561. The highest BCUT2D eigenvalue weighted by Crippen LogP contribution is 2.08. The van der Waals surface area contributed by atoms with Crippen molar-refractivity contribution in [2.45, 2.75) is 20.0 Å². The molecule has 0 aromatic rings. The second-order valence-corrected chi connectivity index (χ2v) is 2.33. The van der Waals surface area contributed by atoms with Crippen molar-refractivity contribution in [2.75, 3.05) is 0 Å². The maximum absolute atomic E-state index is 9.07. The topological polar surface area (TPSA) is 44.0 Å². The lowest BCUT2D eigenvalue weighted by Gasteiger charge is -2.10. The van der Waals surface area contributed by atoms with Crippen LogP contribution >= 0.6 is 0 Å². The summed E-state index contributed by atoms with van der Waals surface area (Å²) in [6, 6.07) is 1.80. The van der Waals surface area contributed by atoms with Gasteiger partial charge in [-0.15, -0.1) is 0 Å². The summed E-state index contributed by atoms with van der Waals surface area (Å²) >= 11 is 0. The van der Waals surface area contributed by atoms with E-state index < -0.39 is 6.10 Å². The zero-order chi connectivity index (χ0) is 7.44. The minimum Gasteiger partial charge on any atom is -0.387 e. The van der Waals surface area contributed by atoms with Gasteiger partial charge in [-0.3, -0.25) is 0 Å². The van der Waals surface area contributed by atoms with Crippen molar-refractivity contribution < 1.29 is 5.11 Å². The molecule has 0 aliphatic carbocycles. The van der Waals surface area contributed by atoms with Gasteiger partial charge in [-0.25, -0.2) is 0 Å². The Kier molecular flexibility index (Phi) is 2.97. The lowest BCUT2D eigenvalue weighted by Crippen LogP contribution is -2.15. The van der Waals surface area contributed by atoms with E-state index >= 15 is 0 Å². The number of aliphatic hydroxyl groups is 1. The fraction of sp³-hybridized carbons (Fsp3) is 0.571. The average Bonchev–Trinajstić information content (AvgIpc) is 1.84. The molecule has 0 amide bonds. The van der Waals surface area contributed by atoms with Gasteiger partial charge in [0.05, 0.1) is 17.7 Å². The van der Waals surface area contributed by atoms with E-state index in [0.717, 1.165) is 0 Å². The molecule has 0 unspecified atom stereocenters. The Balaban J connectivity index is 3.92. The Bertz CT molecular complexity index is 143. The van der Waals surface area contributed by atoms with Crippen LogP contribution in [0.1, 0.15) is 13.8 Å². The van der Waals surface area contributed by atoms with Crippen LogP contribution in [0, 0.1) is 17.2 Å². The minimum atomic E-state index is -0.671. The van der Waals surface area contributed by atoms with Crippen molar-refractivity contribution in [3.8, 4) is 6.07 Å². The highest BCUT2D eigenvalue weighted by Gasteiger charge is 2.11. The molecule has 0 radical (unpaired) electrons. The molecular weight excluding hydrogens is 114 g/mol. The predicted octanol–water partition coefficient (Wildman–Crippen LogP) is 1.08. The molecule has 0 fully saturated rings. The van der Waals surface area contributed by atoms with Crippen LogP contribution in [0.5, 0.6) is 0 Å². The molecule has 1 atom stereocenters. The summed E-state index contributed by atoms with van der Waals surface area (Å²) in [5.41, 5.74) is 0.241. The van der Waals surface area contributed by atoms with E-state index in [2.05, 4.69) is 6.58 Å². The van der Waals surface area contributed by atoms with E-state index in [4.69, 9.17) is 10.4 Å². The van der Waals surface area contributed by atoms with Gasteiger partial charge in [-0.1, -0.05) is 20.4 Å². The van der Waals surface area contributed by atoms with Crippen molar-refractivity contribution >= 4 is 0 Å². The largest absolute Gasteiger partial charge is 0.387 e. The number of hydrogen-bond acceptors (Lipinski definition) is 2. The third-order valence-corrected chi connectivity index (χ3v) is 1.13. The van der Waals surface area contributed by atoms with Gasteiger partial charge in [-0.05, 0) is 5.92 Å². The maximum atomic E-state index is 9.07. The lowest BCUT2D eigenvalue weighted by molar-refractivity contribution is 0.165. The number of aliphatic hydroxyl groups excluding tert-OH is 1. The number of nitrogens with zero attached hydrogens (tertiary/aromatic N) is 1.